The van der Waals surface area contributed by atoms with Gasteiger partial charge in [0, 0.05) is 41.0 Å². The van der Waals surface area contributed by atoms with Gasteiger partial charge in [-0.3, -0.25) is 4.79 Å². The van der Waals surface area contributed by atoms with E-state index >= 15 is 0 Å². The number of aromatic nitrogens is 1. The van der Waals surface area contributed by atoms with Crippen molar-refractivity contribution in [1.29, 1.82) is 0 Å². The molecule has 0 aliphatic rings. The van der Waals surface area contributed by atoms with Gasteiger partial charge in [0.25, 0.3) is 5.91 Å². The summed E-state index contributed by atoms with van der Waals surface area (Å²) in [5, 5.41) is 23.3. The average molecular weight is 450 g/mol. The molecule has 0 aliphatic carbocycles. The van der Waals surface area contributed by atoms with E-state index in [-0.39, 0.29) is 12.2 Å². The van der Waals surface area contributed by atoms with Crippen LogP contribution in [0, 0.1) is 6.92 Å². The molecular formula is C24H22N2O7. The third-order valence-electron chi connectivity index (χ3n) is 5.39. The standard InChI is InChI=1S/C24H22N2O7/c1-12-7-22(28)33-21-10-16(4-5-17(12)21)32-13(2)23(29)26-20(24(30)31)8-14-11-25-19-6-3-15(27)9-18(14)19/h3-7,9-11,13,20,25,27H,8H2,1-2H3,(H,26,29)(H,30,31)/t13-,20+/m0/s1. The van der Waals surface area contributed by atoms with Crippen LogP contribution in [0.2, 0.25) is 0 Å². The second kappa shape index (κ2) is 8.70. The number of aromatic amines is 1. The molecule has 0 saturated heterocycles. The molecule has 170 valence electrons. The first-order valence-electron chi connectivity index (χ1n) is 10.2. The number of phenols is 1. The molecule has 1 amide bonds. The maximum absolute atomic E-state index is 12.7. The lowest BCUT2D eigenvalue weighted by Gasteiger charge is -2.19. The van der Waals surface area contributed by atoms with Gasteiger partial charge >= 0.3 is 11.6 Å². The highest BCUT2D eigenvalue weighted by Crippen LogP contribution is 2.25. The second-order valence-corrected chi connectivity index (χ2v) is 7.81. The van der Waals surface area contributed by atoms with E-state index in [1.807, 2.05) is 0 Å². The first kappa shape index (κ1) is 21.9. The lowest BCUT2D eigenvalue weighted by molar-refractivity contribution is -0.142. The van der Waals surface area contributed by atoms with Gasteiger partial charge in [-0.2, -0.15) is 0 Å². The quantitative estimate of drug-likeness (QED) is 0.317. The van der Waals surface area contributed by atoms with Crippen LogP contribution in [0.4, 0.5) is 0 Å². The van der Waals surface area contributed by atoms with Crippen molar-refractivity contribution < 1.29 is 29.0 Å². The number of aryl methyl sites for hydroxylation is 1. The Labute approximate surface area is 187 Å². The van der Waals surface area contributed by atoms with Gasteiger partial charge < -0.3 is 29.7 Å². The minimum atomic E-state index is -1.21. The Morgan fingerprint density at radius 2 is 1.94 bits per heavy atom. The molecule has 2 atom stereocenters. The summed E-state index contributed by atoms with van der Waals surface area (Å²) < 4.78 is 10.8. The molecule has 0 fully saturated rings. The Bertz CT molecular complexity index is 1420. The van der Waals surface area contributed by atoms with Crippen LogP contribution in [-0.4, -0.2) is 39.2 Å². The van der Waals surface area contributed by atoms with Crippen molar-refractivity contribution in [3.63, 3.8) is 0 Å². The maximum atomic E-state index is 12.7. The molecule has 33 heavy (non-hydrogen) atoms. The highest BCUT2D eigenvalue weighted by molar-refractivity contribution is 5.89. The number of aliphatic carboxylic acids is 1. The third-order valence-corrected chi connectivity index (χ3v) is 5.39. The minimum absolute atomic E-state index is 0.0116. The van der Waals surface area contributed by atoms with Gasteiger partial charge in [0.2, 0.25) is 0 Å². The Kier molecular flexibility index (Phi) is 5.78. The predicted octanol–water partition coefficient (Wildman–Crippen LogP) is 2.87. The molecule has 2 aromatic carbocycles. The van der Waals surface area contributed by atoms with E-state index in [1.165, 1.54) is 31.2 Å². The van der Waals surface area contributed by atoms with Gasteiger partial charge in [0.15, 0.2) is 6.10 Å². The normalized spacial score (nSPS) is 13.0. The highest BCUT2D eigenvalue weighted by atomic mass is 16.5. The van der Waals surface area contributed by atoms with Gasteiger partial charge in [-0.1, -0.05) is 0 Å². The van der Waals surface area contributed by atoms with E-state index in [4.69, 9.17) is 9.15 Å². The molecule has 0 unspecified atom stereocenters. The lowest BCUT2D eigenvalue weighted by Crippen LogP contribution is -2.47. The van der Waals surface area contributed by atoms with Crippen LogP contribution in [0.15, 0.2) is 57.9 Å². The summed E-state index contributed by atoms with van der Waals surface area (Å²) in [7, 11) is 0. The SMILES string of the molecule is Cc1cc(=O)oc2cc(O[C@@H](C)C(=O)N[C@H](Cc3c[nH]c4ccc(O)cc34)C(=O)O)ccc12. The fourth-order valence-electron chi connectivity index (χ4n) is 3.68. The molecule has 0 spiro atoms. The molecule has 4 aromatic rings. The number of aromatic hydroxyl groups is 1. The molecule has 2 aromatic heterocycles. The van der Waals surface area contributed by atoms with Crippen LogP contribution in [0.1, 0.15) is 18.1 Å². The van der Waals surface area contributed by atoms with E-state index in [1.54, 1.807) is 31.3 Å². The number of rotatable bonds is 7. The molecule has 0 saturated carbocycles. The number of carbonyl (C=O) groups excluding carboxylic acids is 1. The molecule has 4 rings (SSSR count). The number of hydrogen-bond donors (Lipinski definition) is 4. The van der Waals surface area contributed by atoms with Gasteiger partial charge in [-0.25, -0.2) is 9.59 Å². The highest BCUT2D eigenvalue weighted by Gasteiger charge is 2.25. The van der Waals surface area contributed by atoms with Gasteiger partial charge in [-0.15, -0.1) is 0 Å². The molecule has 9 heteroatoms. The van der Waals surface area contributed by atoms with Crippen molar-refractivity contribution in [3.05, 3.63) is 70.2 Å². The van der Waals surface area contributed by atoms with E-state index < -0.39 is 29.6 Å². The number of benzene rings is 2. The summed E-state index contributed by atoms with van der Waals surface area (Å²) in [6.45, 7) is 3.28. The van der Waals surface area contributed by atoms with Crippen molar-refractivity contribution in [3.8, 4) is 11.5 Å². The summed E-state index contributed by atoms with van der Waals surface area (Å²) >= 11 is 0. The monoisotopic (exact) mass is 450 g/mol. The van der Waals surface area contributed by atoms with Crippen molar-refractivity contribution in [1.82, 2.24) is 10.3 Å². The average Bonchev–Trinajstić information content (AvgIpc) is 3.14. The molecule has 0 bridgehead atoms. The van der Waals surface area contributed by atoms with Crippen molar-refractivity contribution in [2.45, 2.75) is 32.4 Å². The summed E-state index contributed by atoms with van der Waals surface area (Å²) in [6, 6.07) is 9.81. The molecular weight excluding hydrogens is 428 g/mol. The third kappa shape index (κ3) is 4.67. The maximum Gasteiger partial charge on any atom is 0.336 e. The van der Waals surface area contributed by atoms with Crippen molar-refractivity contribution in [2.24, 2.45) is 0 Å². The minimum Gasteiger partial charge on any atom is -0.508 e. The summed E-state index contributed by atoms with van der Waals surface area (Å²) in [5.74, 6) is -1.45. The summed E-state index contributed by atoms with van der Waals surface area (Å²) in [6.07, 6.45) is 0.655. The number of nitrogens with one attached hydrogen (secondary N) is 2. The summed E-state index contributed by atoms with van der Waals surface area (Å²) in [5.41, 5.74) is 1.98. The van der Waals surface area contributed by atoms with E-state index in [2.05, 4.69) is 10.3 Å². The Morgan fingerprint density at radius 1 is 1.15 bits per heavy atom. The molecule has 2 heterocycles. The van der Waals surface area contributed by atoms with Crippen LogP contribution in [0.3, 0.4) is 0 Å². The molecule has 9 nitrogen and oxygen atoms in total. The van der Waals surface area contributed by atoms with E-state index in [0.29, 0.717) is 22.3 Å². The zero-order valence-corrected chi connectivity index (χ0v) is 17.9. The van der Waals surface area contributed by atoms with Gasteiger partial charge in [-0.05, 0) is 55.3 Å². The van der Waals surface area contributed by atoms with Crippen LogP contribution < -0.4 is 15.7 Å². The van der Waals surface area contributed by atoms with Crippen molar-refractivity contribution in [2.75, 3.05) is 0 Å². The van der Waals surface area contributed by atoms with Gasteiger partial charge in [0.1, 0.15) is 23.1 Å². The fourth-order valence-corrected chi connectivity index (χ4v) is 3.68. The van der Waals surface area contributed by atoms with Crippen LogP contribution in [-0.2, 0) is 16.0 Å². The number of hydrogen-bond acceptors (Lipinski definition) is 6. The van der Waals surface area contributed by atoms with Crippen LogP contribution in [0.5, 0.6) is 11.5 Å². The number of ether oxygens (including phenoxy) is 1. The topological polar surface area (TPSA) is 142 Å². The number of fused-ring (bicyclic) bond motifs is 2. The fraction of sp³-hybridized carbons (Fsp3) is 0.208. The zero-order chi connectivity index (χ0) is 23.7. The number of amides is 1. The molecule has 4 N–H and O–H groups in total. The largest absolute Gasteiger partial charge is 0.508 e. The Hall–Kier alpha value is -4.27. The van der Waals surface area contributed by atoms with E-state index in [0.717, 1.165) is 16.5 Å². The Morgan fingerprint density at radius 3 is 2.70 bits per heavy atom. The first-order chi connectivity index (χ1) is 15.7. The second-order valence-electron chi connectivity index (χ2n) is 7.81. The number of carboxylic acids is 1. The van der Waals surface area contributed by atoms with Crippen molar-refractivity contribution >= 4 is 33.7 Å². The summed E-state index contributed by atoms with van der Waals surface area (Å²) in [4.78, 5) is 39.1. The first-order valence-corrected chi connectivity index (χ1v) is 10.2. The number of phenolic OH excluding ortho intramolecular Hbond substituents is 1. The molecule has 0 radical (unpaired) electrons. The Balaban J connectivity index is 1.48. The van der Waals surface area contributed by atoms with Crippen LogP contribution >= 0.6 is 0 Å². The zero-order valence-electron chi connectivity index (χ0n) is 17.9. The smallest absolute Gasteiger partial charge is 0.336 e. The number of carboxylic acid groups (broad SMARTS) is 1. The molecule has 0 aliphatic heterocycles. The number of H-pyrrole nitrogens is 1. The van der Waals surface area contributed by atoms with E-state index in [9.17, 15) is 24.6 Å². The van der Waals surface area contributed by atoms with Crippen LogP contribution in [0.25, 0.3) is 21.9 Å². The lowest BCUT2D eigenvalue weighted by atomic mass is 10.0. The predicted molar refractivity (Wildman–Crippen MR) is 121 cm³/mol. The number of carbonyl (C=O) groups is 2. The van der Waals surface area contributed by atoms with Gasteiger partial charge in [0.05, 0.1) is 0 Å².